The van der Waals surface area contributed by atoms with E-state index in [1.54, 1.807) is 6.07 Å². The Balaban J connectivity index is 1.77. The van der Waals surface area contributed by atoms with Crippen LogP contribution in [0.3, 0.4) is 0 Å². The first-order chi connectivity index (χ1) is 14.9. The van der Waals surface area contributed by atoms with E-state index in [0.29, 0.717) is 23.7 Å². The van der Waals surface area contributed by atoms with E-state index in [4.69, 9.17) is 4.74 Å². The number of nitrogens with one attached hydrogen (secondary N) is 1. The topological polar surface area (TPSA) is 107 Å². The van der Waals surface area contributed by atoms with Crippen molar-refractivity contribution in [1.82, 2.24) is 19.5 Å². The first-order valence-electron chi connectivity index (χ1n) is 10.1. The van der Waals surface area contributed by atoms with Crippen molar-refractivity contribution in [3.05, 3.63) is 67.4 Å². The number of carbonyl (C=O) groups is 1. The monoisotopic (exact) mass is 438 g/mol. The van der Waals surface area contributed by atoms with Crippen LogP contribution in [0.4, 0.5) is 0 Å². The van der Waals surface area contributed by atoms with Crippen molar-refractivity contribution in [3.8, 4) is 0 Å². The highest BCUT2D eigenvalue weighted by molar-refractivity contribution is 7.18. The van der Waals surface area contributed by atoms with Crippen molar-refractivity contribution in [2.45, 2.75) is 46.3 Å². The van der Waals surface area contributed by atoms with Crippen LogP contribution >= 0.6 is 11.3 Å². The number of hydrogen-bond donors (Lipinski definition) is 1. The van der Waals surface area contributed by atoms with Gasteiger partial charge in [0.25, 0.3) is 5.56 Å². The van der Waals surface area contributed by atoms with Crippen LogP contribution in [0.1, 0.15) is 54.2 Å². The molecule has 0 aliphatic heterocycles. The first kappa shape index (κ1) is 20.9. The lowest BCUT2D eigenvalue weighted by atomic mass is 10.0. The van der Waals surface area contributed by atoms with E-state index in [1.165, 1.54) is 15.9 Å². The molecule has 0 radical (unpaired) electrons. The van der Waals surface area contributed by atoms with Crippen molar-refractivity contribution < 1.29 is 9.53 Å². The minimum absolute atomic E-state index is 0.00842. The molecule has 160 valence electrons. The summed E-state index contributed by atoms with van der Waals surface area (Å²) in [6, 6.07) is 9.25. The molecule has 0 saturated heterocycles. The fourth-order valence-corrected chi connectivity index (χ4v) is 4.25. The molecule has 3 heterocycles. The van der Waals surface area contributed by atoms with E-state index in [2.05, 4.69) is 15.0 Å². The number of hydrogen-bond acceptors (Lipinski definition) is 7. The van der Waals surface area contributed by atoms with Crippen LogP contribution in [0.5, 0.6) is 0 Å². The zero-order valence-corrected chi connectivity index (χ0v) is 18.3. The molecule has 1 N–H and O–H groups in total. The van der Waals surface area contributed by atoms with Gasteiger partial charge in [0, 0.05) is 12.2 Å². The van der Waals surface area contributed by atoms with Crippen molar-refractivity contribution in [1.29, 1.82) is 0 Å². The summed E-state index contributed by atoms with van der Waals surface area (Å²) >= 11 is 1.45. The number of fused-ring (bicyclic) bond motifs is 2. The number of pyridine rings is 1. The Morgan fingerprint density at radius 2 is 2.00 bits per heavy atom. The molecule has 0 fully saturated rings. The van der Waals surface area contributed by atoms with E-state index < -0.39 is 17.2 Å². The van der Waals surface area contributed by atoms with Gasteiger partial charge in [0.2, 0.25) is 0 Å². The number of rotatable bonds is 6. The zero-order valence-electron chi connectivity index (χ0n) is 17.5. The molecular weight excluding hydrogens is 416 g/mol. The summed E-state index contributed by atoms with van der Waals surface area (Å²) in [5.74, 6) is -0.662. The van der Waals surface area contributed by atoms with Gasteiger partial charge in [-0.05, 0) is 30.5 Å². The van der Waals surface area contributed by atoms with Gasteiger partial charge in [-0.3, -0.25) is 14.3 Å². The van der Waals surface area contributed by atoms with Crippen molar-refractivity contribution in [3.63, 3.8) is 0 Å². The molecule has 31 heavy (non-hydrogen) atoms. The predicted molar refractivity (Wildman–Crippen MR) is 120 cm³/mol. The number of para-hydroxylation sites is 1. The molecule has 4 rings (SSSR count). The van der Waals surface area contributed by atoms with Gasteiger partial charge >= 0.3 is 11.7 Å². The van der Waals surface area contributed by atoms with Crippen LogP contribution in [0.2, 0.25) is 0 Å². The molecule has 0 spiro atoms. The fourth-order valence-electron chi connectivity index (χ4n) is 3.37. The average molecular weight is 439 g/mol. The Hall–Kier alpha value is -3.33. The molecule has 0 bridgehead atoms. The predicted octanol–water partition coefficient (Wildman–Crippen LogP) is 3.58. The van der Waals surface area contributed by atoms with E-state index in [-0.39, 0.29) is 29.1 Å². The number of nitrogens with zero attached hydrogens (tertiary/aromatic N) is 3. The Bertz CT molecular complexity index is 1370. The number of H-pyrrole nitrogens is 1. The largest absolute Gasteiger partial charge is 0.455 e. The lowest BCUT2D eigenvalue weighted by Gasteiger charge is -2.14. The standard InChI is InChI=1S/C22H22N4O4S/c1-4-9-26-19-18(20(27)25-22(26)29)13(10-15(24-19)12(2)3)21(28)30-11-17-23-14-7-5-6-8-16(14)31-17/h5-8,10,12H,4,9,11H2,1-3H3,(H,25,27,29). The van der Waals surface area contributed by atoms with Crippen LogP contribution in [0.25, 0.3) is 21.3 Å². The summed E-state index contributed by atoms with van der Waals surface area (Å²) in [5, 5.41) is 0.723. The molecule has 0 amide bonds. The number of aromatic amines is 1. The highest BCUT2D eigenvalue weighted by Crippen LogP contribution is 2.24. The molecule has 0 aliphatic carbocycles. The molecule has 0 atom stereocenters. The second-order valence-electron chi connectivity index (χ2n) is 7.51. The van der Waals surface area contributed by atoms with E-state index in [1.807, 2.05) is 45.0 Å². The number of aromatic nitrogens is 4. The summed E-state index contributed by atoms with van der Waals surface area (Å²) in [7, 11) is 0. The third-order valence-electron chi connectivity index (χ3n) is 4.89. The molecule has 1 aromatic carbocycles. The van der Waals surface area contributed by atoms with Crippen molar-refractivity contribution in [2.24, 2.45) is 0 Å². The van der Waals surface area contributed by atoms with Crippen LogP contribution in [0.15, 0.2) is 39.9 Å². The normalized spacial score (nSPS) is 11.5. The molecule has 0 unspecified atom stereocenters. The molecular formula is C22H22N4O4S. The third kappa shape index (κ3) is 4.00. The maximum Gasteiger partial charge on any atom is 0.339 e. The maximum atomic E-state index is 13.0. The van der Waals surface area contributed by atoms with E-state index in [9.17, 15) is 14.4 Å². The Morgan fingerprint density at radius 3 is 2.71 bits per heavy atom. The highest BCUT2D eigenvalue weighted by atomic mass is 32.1. The third-order valence-corrected chi connectivity index (χ3v) is 5.90. The summed E-state index contributed by atoms with van der Waals surface area (Å²) in [5.41, 5.74) is 0.558. The summed E-state index contributed by atoms with van der Waals surface area (Å²) in [6.07, 6.45) is 0.673. The van der Waals surface area contributed by atoms with Gasteiger partial charge in [0.15, 0.2) is 5.65 Å². The average Bonchev–Trinajstić information content (AvgIpc) is 3.17. The highest BCUT2D eigenvalue weighted by Gasteiger charge is 2.21. The second-order valence-corrected chi connectivity index (χ2v) is 8.63. The smallest absolute Gasteiger partial charge is 0.339 e. The number of esters is 1. The van der Waals surface area contributed by atoms with Gasteiger partial charge in [-0.1, -0.05) is 32.9 Å². The number of carbonyl (C=O) groups excluding carboxylic acids is 1. The molecule has 0 aliphatic rings. The van der Waals surface area contributed by atoms with Crippen molar-refractivity contribution in [2.75, 3.05) is 0 Å². The Labute approximate surface area is 181 Å². The van der Waals surface area contributed by atoms with Crippen LogP contribution in [-0.2, 0) is 17.9 Å². The maximum absolute atomic E-state index is 13.0. The fraction of sp³-hybridized carbons (Fsp3) is 0.318. The summed E-state index contributed by atoms with van der Waals surface area (Å²) < 4.78 is 7.91. The molecule has 3 aromatic heterocycles. The number of ether oxygens (including phenoxy) is 1. The van der Waals surface area contributed by atoms with E-state index >= 15 is 0 Å². The summed E-state index contributed by atoms with van der Waals surface area (Å²) in [4.78, 5) is 49.3. The van der Waals surface area contributed by atoms with Gasteiger partial charge in [-0.2, -0.15) is 0 Å². The quantitative estimate of drug-likeness (QED) is 0.461. The van der Waals surface area contributed by atoms with Gasteiger partial charge in [0.05, 0.1) is 21.2 Å². The number of benzene rings is 1. The minimum Gasteiger partial charge on any atom is -0.455 e. The van der Waals surface area contributed by atoms with Crippen LogP contribution in [0, 0.1) is 0 Å². The lowest BCUT2D eigenvalue weighted by Crippen LogP contribution is -2.32. The zero-order chi connectivity index (χ0) is 22.1. The summed E-state index contributed by atoms with van der Waals surface area (Å²) in [6.45, 7) is 6.15. The van der Waals surface area contributed by atoms with Crippen LogP contribution < -0.4 is 11.2 Å². The van der Waals surface area contributed by atoms with Gasteiger partial charge < -0.3 is 4.74 Å². The number of thiazole rings is 1. The minimum atomic E-state index is -0.652. The Morgan fingerprint density at radius 1 is 1.23 bits per heavy atom. The molecule has 9 heteroatoms. The molecule has 8 nitrogen and oxygen atoms in total. The lowest BCUT2D eigenvalue weighted by molar-refractivity contribution is 0.0474. The number of aryl methyl sites for hydroxylation is 1. The van der Waals surface area contributed by atoms with Crippen LogP contribution in [-0.4, -0.2) is 25.5 Å². The first-order valence-corrected chi connectivity index (χ1v) is 10.9. The van der Waals surface area contributed by atoms with Gasteiger partial charge in [-0.15, -0.1) is 11.3 Å². The van der Waals surface area contributed by atoms with Gasteiger partial charge in [0.1, 0.15) is 11.6 Å². The Kier molecular flexibility index (Phi) is 5.69. The molecule has 0 saturated carbocycles. The van der Waals surface area contributed by atoms with E-state index in [0.717, 1.165) is 10.2 Å². The van der Waals surface area contributed by atoms with Crippen molar-refractivity contribution >= 4 is 38.6 Å². The SMILES string of the molecule is CCCn1c(=O)[nH]c(=O)c2c(C(=O)OCc3nc4ccccc4s3)cc(C(C)C)nc21. The van der Waals surface area contributed by atoms with Gasteiger partial charge in [-0.25, -0.2) is 19.6 Å². The second kappa shape index (κ2) is 8.43. The molecule has 4 aromatic rings.